The van der Waals surface area contributed by atoms with Gasteiger partial charge >= 0.3 is 0 Å². The molecule has 1 aliphatic heterocycles. The van der Waals surface area contributed by atoms with Crippen molar-refractivity contribution in [3.8, 4) is 11.5 Å². The van der Waals surface area contributed by atoms with E-state index in [9.17, 15) is 27.2 Å². The van der Waals surface area contributed by atoms with Crippen LogP contribution in [0, 0.1) is 35.1 Å². The Balaban J connectivity index is 1.54. The molecule has 1 fully saturated rings. The van der Waals surface area contributed by atoms with Gasteiger partial charge in [0.15, 0.2) is 17.4 Å². The zero-order valence-electron chi connectivity index (χ0n) is 19.2. The first-order valence-electron chi connectivity index (χ1n) is 11.0. The maximum Gasteiger partial charge on any atom is 0.257 e. The van der Waals surface area contributed by atoms with Crippen molar-refractivity contribution >= 4 is 23.4 Å². The number of benzene rings is 2. The molecular formula is C24H25ClF4N2O4. The maximum absolute atomic E-state index is 13.7. The van der Waals surface area contributed by atoms with Crippen LogP contribution in [0.4, 0.5) is 17.6 Å². The first-order chi connectivity index (χ1) is 16.6. The fourth-order valence-corrected chi connectivity index (χ4v) is 3.95. The highest BCUT2D eigenvalue weighted by Crippen LogP contribution is 2.28. The topological polar surface area (TPSA) is 67.9 Å². The molecule has 11 heteroatoms. The third-order valence-corrected chi connectivity index (χ3v) is 5.91. The van der Waals surface area contributed by atoms with Crippen LogP contribution in [0.25, 0.3) is 0 Å². The molecule has 2 atom stereocenters. The van der Waals surface area contributed by atoms with Crippen molar-refractivity contribution in [3.63, 3.8) is 0 Å². The van der Waals surface area contributed by atoms with Gasteiger partial charge in [0.05, 0.1) is 25.2 Å². The lowest BCUT2D eigenvalue weighted by Crippen LogP contribution is -2.46. The summed E-state index contributed by atoms with van der Waals surface area (Å²) in [6.07, 6.45) is 1.20. The molecule has 1 aliphatic rings. The summed E-state index contributed by atoms with van der Waals surface area (Å²) in [5, 5.41) is 3.12. The Labute approximate surface area is 205 Å². The maximum atomic E-state index is 13.7. The molecule has 190 valence electrons. The van der Waals surface area contributed by atoms with Gasteiger partial charge in [-0.2, -0.15) is 8.78 Å². The van der Waals surface area contributed by atoms with Crippen LogP contribution < -0.4 is 14.8 Å². The number of piperidine rings is 1. The Morgan fingerprint density at radius 2 is 1.86 bits per heavy atom. The number of hydrogen-bond acceptors (Lipinski definition) is 4. The van der Waals surface area contributed by atoms with Crippen LogP contribution in [0.1, 0.15) is 30.1 Å². The molecule has 0 spiro atoms. The fourth-order valence-electron chi connectivity index (χ4n) is 3.77. The number of ether oxygens (including phenoxy) is 2. The summed E-state index contributed by atoms with van der Waals surface area (Å²) in [7, 11) is 1.45. The number of likely N-dealkylation sites (tertiary alicyclic amines) is 1. The quantitative estimate of drug-likeness (QED) is 0.412. The fraction of sp³-hybridized carbons (Fsp3) is 0.417. The first kappa shape index (κ1) is 26.6. The third kappa shape index (κ3) is 6.36. The Hall–Kier alpha value is -3.01. The highest BCUT2D eigenvalue weighted by molar-refractivity contribution is 6.31. The number of halogens is 5. The highest BCUT2D eigenvalue weighted by atomic mass is 35.5. The van der Waals surface area contributed by atoms with Crippen LogP contribution in [0.3, 0.4) is 0 Å². The summed E-state index contributed by atoms with van der Waals surface area (Å²) in [6, 6.07) is 4.83. The van der Waals surface area contributed by atoms with Gasteiger partial charge in [-0.1, -0.05) is 18.5 Å². The van der Waals surface area contributed by atoms with E-state index in [2.05, 4.69) is 5.32 Å². The van der Waals surface area contributed by atoms with Crippen LogP contribution in [0.5, 0.6) is 11.5 Å². The molecule has 2 amide bonds. The summed E-state index contributed by atoms with van der Waals surface area (Å²) in [5.74, 6) is -8.61. The van der Waals surface area contributed by atoms with Gasteiger partial charge in [-0.3, -0.25) is 9.59 Å². The van der Waals surface area contributed by atoms with E-state index in [0.717, 1.165) is 0 Å². The van der Waals surface area contributed by atoms with Gasteiger partial charge in [0.1, 0.15) is 5.75 Å². The molecule has 2 aromatic rings. The van der Waals surface area contributed by atoms with Crippen molar-refractivity contribution in [2.24, 2.45) is 11.8 Å². The predicted molar refractivity (Wildman–Crippen MR) is 121 cm³/mol. The van der Waals surface area contributed by atoms with E-state index < -0.39 is 40.9 Å². The Kier molecular flexibility index (Phi) is 8.82. The van der Waals surface area contributed by atoms with Crippen molar-refractivity contribution in [2.75, 3.05) is 33.4 Å². The second-order valence-corrected chi connectivity index (χ2v) is 8.83. The SMILES string of the molecule is COc1ccc(Cl)cc1C(=O)N1CCC[C@H](C(=O)NCC(C)COc2c(F)c(F)cc(F)c2F)C1. The highest BCUT2D eigenvalue weighted by Gasteiger charge is 2.30. The summed E-state index contributed by atoms with van der Waals surface area (Å²) < 4.78 is 64.2. The second-order valence-electron chi connectivity index (χ2n) is 8.39. The molecule has 0 radical (unpaired) electrons. The van der Waals surface area contributed by atoms with Gasteiger partial charge in [-0.25, -0.2) is 8.78 Å². The van der Waals surface area contributed by atoms with E-state index in [1.54, 1.807) is 24.0 Å². The second kappa shape index (κ2) is 11.6. The van der Waals surface area contributed by atoms with E-state index in [1.165, 1.54) is 13.2 Å². The molecule has 2 aromatic carbocycles. The van der Waals surface area contributed by atoms with E-state index in [-0.39, 0.29) is 37.6 Å². The number of carbonyl (C=O) groups excluding carboxylic acids is 2. The van der Waals surface area contributed by atoms with Gasteiger partial charge in [-0.05, 0) is 31.0 Å². The summed E-state index contributed by atoms with van der Waals surface area (Å²) in [4.78, 5) is 27.3. The predicted octanol–water partition coefficient (Wildman–Crippen LogP) is 4.59. The molecular weight excluding hydrogens is 492 g/mol. The number of nitrogens with zero attached hydrogens (tertiary/aromatic N) is 1. The van der Waals surface area contributed by atoms with Crippen molar-refractivity contribution in [3.05, 3.63) is 58.1 Å². The lowest BCUT2D eigenvalue weighted by molar-refractivity contribution is -0.126. The molecule has 1 heterocycles. The zero-order valence-corrected chi connectivity index (χ0v) is 19.9. The Morgan fingerprint density at radius 1 is 1.17 bits per heavy atom. The molecule has 3 rings (SSSR count). The van der Waals surface area contributed by atoms with Crippen molar-refractivity contribution in [1.29, 1.82) is 0 Å². The van der Waals surface area contributed by atoms with E-state index in [1.807, 2.05) is 0 Å². The average molecular weight is 517 g/mol. The van der Waals surface area contributed by atoms with E-state index in [0.29, 0.717) is 35.7 Å². The number of hydrogen-bond donors (Lipinski definition) is 1. The molecule has 0 aliphatic carbocycles. The Bertz CT molecular complexity index is 1080. The summed E-state index contributed by atoms with van der Waals surface area (Å²) in [5.41, 5.74) is 0.306. The summed E-state index contributed by atoms with van der Waals surface area (Å²) in [6.45, 7) is 2.11. The number of amides is 2. The molecule has 1 saturated heterocycles. The number of methoxy groups -OCH3 is 1. The van der Waals surface area contributed by atoms with Gasteiger partial charge in [-0.15, -0.1) is 0 Å². The average Bonchev–Trinajstić information content (AvgIpc) is 2.85. The van der Waals surface area contributed by atoms with Crippen molar-refractivity contribution in [2.45, 2.75) is 19.8 Å². The number of carbonyl (C=O) groups is 2. The van der Waals surface area contributed by atoms with Crippen molar-refractivity contribution in [1.82, 2.24) is 10.2 Å². The lowest BCUT2D eigenvalue weighted by Gasteiger charge is -2.32. The number of rotatable bonds is 8. The Morgan fingerprint density at radius 3 is 2.51 bits per heavy atom. The van der Waals surface area contributed by atoms with E-state index in [4.69, 9.17) is 21.1 Å². The van der Waals surface area contributed by atoms with Gasteiger partial charge in [0.2, 0.25) is 17.5 Å². The molecule has 0 aromatic heterocycles. The minimum absolute atomic E-state index is 0.0897. The standard InChI is InChI=1S/C24H25ClF4N2O4/c1-13(12-35-22-20(28)17(26)9-18(27)21(22)29)10-30-23(32)14-4-3-7-31(11-14)24(33)16-8-15(25)5-6-19(16)34-2/h5-6,8-9,13-14H,3-4,7,10-12H2,1-2H3,(H,30,32)/t13?,14-/m0/s1. The third-order valence-electron chi connectivity index (χ3n) is 5.68. The smallest absolute Gasteiger partial charge is 0.257 e. The van der Waals surface area contributed by atoms with E-state index >= 15 is 0 Å². The largest absolute Gasteiger partial charge is 0.496 e. The molecule has 35 heavy (non-hydrogen) atoms. The molecule has 6 nitrogen and oxygen atoms in total. The molecule has 1 unspecified atom stereocenters. The molecule has 1 N–H and O–H groups in total. The lowest BCUT2D eigenvalue weighted by atomic mass is 9.96. The van der Waals surface area contributed by atoms with Crippen LogP contribution in [0.2, 0.25) is 5.02 Å². The van der Waals surface area contributed by atoms with Crippen molar-refractivity contribution < 1.29 is 36.6 Å². The first-order valence-corrected chi connectivity index (χ1v) is 11.4. The zero-order chi connectivity index (χ0) is 25.7. The van der Waals surface area contributed by atoms with Gasteiger partial charge in [0.25, 0.3) is 5.91 Å². The molecule has 0 bridgehead atoms. The normalized spacial score (nSPS) is 16.5. The van der Waals surface area contributed by atoms with Gasteiger partial charge in [0, 0.05) is 36.6 Å². The molecule has 0 saturated carbocycles. The minimum Gasteiger partial charge on any atom is -0.496 e. The van der Waals surface area contributed by atoms with Crippen LogP contribution >= 0.6 is 11.6 Å². The van der Waals surface area contributed by atoms with Crippen LogP contribution in [0.15, 0.2) is 24.3 Å². The van der Waals surface area contributed by atoms with Crippen LogP contribution in [-0.4, -0.2) is 50.1 Å². The van der Waals surface area contributed by atoms with Crippen LogP contribution in [-0.2, 0) is 4.79 Å². The number of nitrogens with one attached hydrogen (secondary N) is 1. The summed E-state index contributed by atoms with van der Waals surface area (Å²) >= 11 is 6.02. The monoisotopic (exact) mass is 516 g/mol. The van der Waals surface area contributed by atoms with Gasteiger partial charge < -0.3 is 19.7 Å². The minimum atomic E-state index is -1.62.